The Balaban J connectivity index is 0.00000106. The molecule has 1 heterocycles. The first-order chi connectivity index (χ1) is 7.67. The number of nitrogens with zero attached hydrogens (tertiary/aromatic N) is 1. The normalized spacial score (nSPS) is 17.8. The van der Waals surface area contributed by atoms with Crippen LogP contribution in [0.1, 0.15) is 26.7 Å². The van der Waals surface area contributed by atoms with E-state index in [-0.39, 0.29) is 0 Å². The number of rotatable bonds is 4. The average molecular weight is 225 g/mol. The summed E-state index contributed by atoms with van der Waals surface area (Å²) in [5.74, 6) is -1.80. The molecular weight excluding hydrogens is 202 g/mol. The fraction of sp³-hybridized carbons (Fsp3) is 0.538. The van der Waals surface area contributed by atoms with Gasteiger partial charge in [-0.15, -0.1) is 0 Å². The lowest BCUT2D eigenvalue weighted by Crippen LogP contribution is -2.45. The molecule has 1 aliphatic rings. The number of hydrogen-bond donors (Lipinski definition) is 2. The summed E-state index contributed by atoms with van der Waals surface area (Å²) in [6, 6.07) is 0. The molecule has 0 aliphatic carbocycles. The van der Waals surface area contributed by atoms with Crippen molar-refractivity contribution in [1.29, 1.82) is 0 Å². The Morgan fingerprint density at radius 3 is 2.12 bits per heavy atom. The molecule has 0 saturated carbocycles. The lowest BCUT2D eigenvalue weighted by atomic mass is 10.3. The first-order valence-electron chi connectivity index (χ1n) is 5.83. The maximum absolute atomic E-state index is 9.65. The summed E-state index contributed by atoms with van der Waals surface area (Å²) >= 11 is 0. The van der Waals surface area contributed by atoms with E-state index in [9.17, 15) is 10.2 Å². The molecule has 0 atom stereocenters. The molecule has 0 aromatic heterocycles. The second kappa shape index (κ2) is 8.28. The van der Waals surface area contributed by atoms with Gasteiger partial charge in [0.25, 0.3) is 0 Å². The first-order valence-corrected chi connectivity index (χ1v) is 5.83. The second-order valence-electron chi connectivity index (χ2n) is 3.36. The highest BCUT2D eigenvalue weighted by atomic mass is 16.5. The van der Waals surface area contributed by atoms with Gasteiger partial charge in [0.2, 0.25) is 5.91 Å². The van der Waals surface area contributed by atoms with Crippen molar-refractivity contribution in [3.63, 3.8) is 0 Å². The molecule has 3 nitrogen and oxygen atoms in total. The second-order valence-corrected chi connectivity index (χ2v) is 3.36. The van der Waals surface area contributed by atoms with E-state index in [1.165, 1.54) is 6.08 Å². The molecular formula is C13H23NO2. The summed E-state index contributed by atoms with van der Waals surface area (Å²) in [5.41, 5.74) is 0. The Labute approximate surface area is 98.4 Å². The van der Waals surface area contributed by atoms with Crippen LogP contribution in [0.4, 0.5) is 0 Å². The van der Waals surface area contributed by atoms with E-state index in [2.05, 4.69) is 6.58 Å². The number of aliphatic hydroxyl groups is 2. The third-order valence-electron chi connectivity index (χ3n) is 2.25. The standard InChI is InChI=1S/C11H17NO2.C2H6/c1-2-3-4-5-8-11(13,14)12-9-6-7-10-12;1-2/h2-5,8,13-14H,1,6-7,9-10H2;1-2H3/b4-3-,8-5+;. The van der Waals surface area contributed by atoms with Crippen LogP contribution in [-0.4, -0.2) is 34.1 Å². The molecule has 1 aliphatic heterocycles. The zero-order chi connectivity index (χ0) is 12.4. The minimum atomic E-state index is -1.80. The molecule has 0 aromatic carbocycles. The van der Waals surface area contributed by atoms with Crippen molar-refractivity contribution in [3.05, 3.63) is 37.0 Å². The molecule has 0 bridgehead atoms. The molecule has 2 N–H and O–H groups in total. The largest absolute Gasteiger partial charge is 0.350 e. The minimum absolute atomic E-state index is 0.739. The van der Waals surface area contributed by atoms with Crippen LogP contribution in [0, 0.1) is 0 Å². The minimum Gasteiger partial charge on any atom is -0.350 e. The monoisotopic (exact) mass is 225 g/mol. The molecule has 0 unspecified atom stereocenters. The summed E-state index contributed by atoms with van der Waals surface area (Å²) in [7, 11) is 0. The molecule has 1 saturated heterocycles. The van der Waals surface area contributed by atoms with Crippen molar-refractivity contribution in [2.24, 2.45) is 0 Å². The Bertz CT molecular complexity index is 238. The lowest BCUT2D eigenvalue weighted by molar-refractivity contribution is -0.219. The predicted molar refractivity (Wildman–Crippen MR) is 67.8 cm³/mol. The summed E-state index contributed by atoms with van der Waals surface area (Å²) in [5, 5.41) is 19.3. The zero-order valence-electron chi connectivity index (χ0n) is 10.3. The summed E-state index contributed by atoms with van der Waals surface area (Å²) in [6.07, 6.45) is 10.1. The maximum Gasteiger partial charge on any atom is 0.246 e. The zero-order valence-corrected chi connectivity index (χ0v) is 10.3. The fourth-order valence-electron chi connectivity index (χ4n) is 1.48. The molecule has 0 aromatic rings. The van der Waals surface area contributed by atoms with E-state index in [4.69, 9.17) is 0 Å². The van der Waals surface area contributed by atoms with Crippen LogP contribution < -0.4 is 0 Å². The van der Waals surface area contributed by atoms with E-state index in [1.54, 1.807) is 29.2 Å². The van der Waals surface area contributed by atoms with Gasteiger partial charge in [-0.1, -0.05) is 44.7 Å². The van der Waals surface area contributed by atoms with Crippen LogP contribution in [0.25, 0.3) is 0 Å². The fourth-order valence-corrected chi connectivity index (χ4v) is 1.48. The Morgan fingerprint density at radius 2 is 1.62 bits per heavy atom. The predicted octanol–water partition coefficient (Wildman–Crippen LogP) is 2.05. The van der Waals surface area contributed by atoms with E-state index in [0.717, 1.165) is 25.9 Å². The van der Waals surface area contributed by atoms with Crippen molar-refractivity contribution in [1.82, 2.24) is 4.90 Å². The average Bonchev–Trinajstić information content (AvgIpc) is 2.81. The molecule has 0 radical (unpaired) electrons. The number of hydrogen-bond acceptors (Lipinski definition) is 3. The SMILES string of the molecule is C=C/C=C\C=C\C(O)(O)N1CCCC1.CC. The molecule has 16 heavy (non-hydrogen) atoms. The highest BCUT2D eigenvalue weighted by Gasteiger charge is 2.30. The molecule has 0 spiro atoms. The summed E-state index contributed by atoms with van der Waals surface area (Å²) in [4.78, 5) is 1.64. The van der Waals surface area contributed by atoms with Gasteiger partial charge >= 0.3 is 0 Å². The summed E-state index contributed by atoms with van der Waals surface area (Å²) < 4.78 is 0. The van der Waals surface area contributed by atoms with Crippen molar-refractivity contribution in [2.45, 2.75) is 32.6 Å². The molecule has 3 heteroatoms. The van der Waals surface area contributed by atoms with Crippen molar-refractivity contribution in [2.75, 3.05) is 13.1 Å². The van der Waals surface area contributed by atoms with Gasteiger partial charge < -0.3 is 10.2 Å². The Kier molecular flexibility index (Phi) is 7.81. The van der Waals surface area contributed by atoms with E-state index in [0.29, 0.717) is 0 Å². The van der Waals surface area contributed by atoms with Crippen LogP contribution in [0.5, 0.6) is 0 Å². The molecule has 1 fully saturated rings. The van der Waals surface area contributed by atoms with Gasteiger partial charge in [-0.3, -0.25) is 0 Å². The van der Waals surface area contributed by atoms with Gasteiger partial charge in [-0.2, -0.15) is 0 Å². The van der Waals surface area contributed by atoms with Crippen molar-refractivity contribution in [3.8, 4) is 0 Å². The van der Waals surface area contributed by atoms with Gasteiger partial charge in [-0.05, 0) is 18.9 Å². The van der Waals surface area contributed by atoms with Gasteiger partial charge in [0.05, 0.1) is 0 Å². The highest BCUT2D eigenvalue weighted by Crippen LogP contribution is 2.17. The van der Waals surface area contributed by atoms with Crippen LogP contribution in [0.3, 0.4) is 0 Å². The Hall–Kier alpha value is -0.900. The van der Waals surface area contributed by atoms with Crippen molar-refractivity contribution < 1.29 is 10.2 Å². The summed E-state index contributed by atoms with van der Waals surface area (Å²) in [6.45, 7) is 8.99. The Morgan fingerprint density at radius 1 is 1.06 bits per heavy atom. The van der Waals surface area contributed by atoms with E-state index in [1.807, 2.05) is 13.8 Å². The lowest BCUT2D eigenvalue weighted by Gasteiger charge is -2.28. The third-order valence-corrected chi connectivity index (χ3v) is 2.25. The molecule has 0 amide bonds. The maximum atomic E-state index is 9.65. The highest BCUT2D eigenvalue weighted by molar-refractivity contribution is 5.11. The van der Waals surface area contributed by atoms with Gasteiger partial charge in [-0.25, -0.2) is 4.90 Å². The number of allylic oxidation sites excluding steroid dienone is 4. The van der Waals surface area contributed by atoms with Crippen LogP contribution in [-0.2, 0) is 0 Å². The molecule has 92 valence electrons. The van der Waals surface area contributed by atoms with E-state index >= 15 is 0 Å². The van der Waals surface area contributed by atoms with Gasteiger partial charge in [0, 0.05) is 13.1 Å². The van der Waals surface area contributed by atoms with Crippen molar-refractivity contribution >= 4 is 0 Å². The van der Waals surface area contributed by atoms with Crippen LogP contribution in [0.2, 0.25) is 0 Å². The smallest absolute Gasteiger partial charge is 0.246 e. The third kappa shape index (κ3) is 5.26. The number of likely N-dealkylation sites (tertiary alicyclic amines) is 1. The van der Waals surface area contributed by atoms with Crippen LogP contribution >= 0.6 is 0 Å². The van der Waals surface area contributed by atoms with Crippen LogP contribution in [0.15, 0.2) is 37.0 Å². The van der Waals surface area contributed by atoms with E-state index < -0.39 is 5.91 Å². The first kappa shape index (κ1) is 15.1. The molecule has 1 rings (SSSR count). The van der Waals surface area contributed by atoms with Gasteiger partial charge in [0.15, 0.2) is 0 Å². The van der Waals surface area contributed by atoms with Gasteiger partial charge in [0.1, 0.15) is 0 Å². The topological polar surface area (TPSA) is 43.7 Å². The quantitative estimate of drug-likeness (QED) is 0.568.